The lowest BCUT2D eigenvalue weighted by Crippen LogP contribution is -2.11. The lowest BCUT2D eigenvalue weighted by atomic mass is 9.86. The molecule has 14 heavy (non-hydrogen) atoms. The molecular weight excluding hydrogens is 172 g/mol. The summed E-state index contributed by atoms with van der Waals surface area (Å²) in [7, 11) is 0. The van der Waals surface area contributed by atoms with Gasteiger partial charge in [-0.05, 0) is 23.5 Å². The van der Waals surface area contributed by atoms with E-state index in [1.807, 2.05) is 6.92 Å². The topological polar surface area (TPSA) is 9.23 Å². The molecule has 78 valence electrons. The van der Waals surface area contributed by atoms with Gasteiger partial charge in [-0.3, -0.25) is 0 Å². The minimum atomic E-state index is 0.224. The van der Waals surface area contributed by atoms with Crippen molar-refractivity contribution < 1.29 is 4.74 Å². The van der Waals surface area contributed by atoms with E-state index in [-0.39, 0.29) is 5.41 Å². The molecule has 1 aromatic rings. The van der Waals surface area contributed by atoms with Crippen LogP contribution in [0.25, 0.3) is 0 Å². The Balaban J connectivity index is 2.79. The van der Waals surface area contributed by atoms with E-state index in [4.69, 9.17) is 4.74 Å². The predicted octanol–water partition coefficient (Wildman–Crippen LogP) is 3.52. The van der Waals surface area contributed by atoms with Crippen molar-refractivity contribution in [1.29, 1.82) is 0 Å². The third-order valence-electron chi connectivity index (χ3n) is 2.27. The molecule has 0 atom stereocenters. The Kier molecular flexibility index (Phi) is 3.70. The van der Waals surface area contributed by atoms with Crippen LogP contribution in [0, 0.1) is 0 Å². The van der Waals surface area contributed by atoms with E-state index in [0.717, 1.165) is 13.2 Å². The molecule has 0 aliphatic rings. The van der Waals surface area contributed by atoms with Gasteiger partial charge in [0.1, 0.15) is 0 Å². The van der Waals surface area contributed by atoms with Crippen molar-refractivity contribution in [3.63, 3.8) is 0 Å². The summed E-state index contributed by atoms with van der Waals surface area (Å²) < 4.78 is 5.39. The highest BCUT2D eigenvalue weighted by Crippen LogP contribution is 2.22. The first-order valence-corrected chi connectivity index (χ1v) is 5.21. The highest BCUT2D eigenvalue weighted by Gasteiger charge is 2.13. The van der Waals surface area contributed by atoms with Crippen LogP contribution < -0.4 is 0 Å². The van der Waals surface area contributed by atoms with Crippen LogP contribution in [0.5, 0.6) is 0 Å². The van der Waals surface area contributed by atoms with Gasteiger partial charge in [0.05, 0.1) is 6.61 Å². The lowest BCUT2D eigenvalue weighted by Gasteiger charge is -2.19. The zero-order valence-corrected chi connectivity index (χ0v) is 9.63. The number of hydrogen-bond acceptors (Lipinski definition) is 1. The molecule has 0 N–H and O–H groups in total. The van der Waals surface area contributed by atoms with Gasteiger partial charge < -0.3 is 4.74 Å². The van der Waals surface area contributed by atoms with Crippen LogP contribution in [-0.4, -0.2) is 6.61 Å². The summed E-state index contributed by atoms with van der Waals surface area (Å²) in [5.74, 6) is 0. The average Bonchev–Trinajstić information content (AvgIpc) is 2.14. The second kappa shape index (κ2) is 4.61. The molecule has 0 aliphatic heterocycles. The number of benzene rings is 1. The van der Waals surface area contributed by atoms with Gasteiger partial charge in [-0.1, -0.05) is 45.0 Å². The van der Waals surface area contributed by atoms with Crippen LogP contribution in [0.4, 0.5) is 0 Å². The molecule has 0 bridgehead atoms. The van der Waals surface area contributed by atoms with Crippen molar-refractivity contribution in [2.24, 2.45) is 0 Å². The summed E-state index contributed by atoms with van der Waals surface area (Å²) in [6, 6.07) is 8.63. The smallest absolute Gasteiger partial charge is 0.0716 e. The molecule has 1 heteroatoms. The Morgan fingerprint density at radius 3 is 2.50 bits per heavy atom. The van der Waals surface area contributed by atoms with E-state index in [2.05, 4.69) is 45.0 Å². The summed E-state index contributed by atoms with van der Waals surface area (Å²) in [6.45, 7) is 10.2. The molecule has 0 saturated carbocycles. The minimum Gasteiger partial charge on any atom is -0.377 e. The van der Waals surface area contributed by atoms with E-state index in [0.29, 0.717) is 0 Å². The molecule has 0 radical (unpaired) electrons. The zero-order chi connectivity index (χ0) is 10.6. The maximum atomic E-state index is 5.39. The van der Waals surface area contributed by atoms with Crippen molar-refractivity contribution in [2.45, 2.75) is 39.7 Å². The summed E-state index contributed by atoms with van der Waals surface area (Å²) >= 11 is 0. The van der Waals surface area contributed by atoms with Crippen molar-refractivity contribution in [2.75, 3.05) is 6.61 Å². The Morgan fingerprint density at radius 1 is 1.21 bits per heavy atom. The maximum absolute atomic E-state index is 5.39. The van der Waals surface area contributed by atoms with Gasteiger partial charge in [0, 0.05) is 6.61 Å². The molecular formula is C13H20O. The third kappa shape index (κ3) is 3.15. The van der Waals surface area contributed by atoms with Gasteiger partial charge in [0.15, 0.2) is 0 Å². The molecule has 0 unspecified atom stereocenters. The second-order valence-electron chi connectivity index (χ2n) is 4.59. The van der Waals surface area contributed by atoms with Gasteiger partial charge >= 0.3 is 0 Å². The van der Waals surface area contributed by atoms with Crippen molar-refractivity contribution >= 4 is 0 Å². The standard InChI is InChI=1S/C13H20O/c1-5-14-10-11-7-6-8-12(9-11)13(2,3)4/h6-9H,5,10H2,1-4H3. The minimum absolute atomic E-state index is 0.224. The highest BCUT2D eigenvalue weighted by molar-refractivity contribution is 5.28. The van der Waals surface area contributed by atoms with Crippen LogP contribution >= 0.6 is 0 Å². The van der Waals surface area contributed by atoms with Gasteiger partial charge in [-0.25, -0.2) is 0 Å². The average molecular weight is 192 g/mol. The van der Waals surface area contributed by atoms with E-state index in [1.165, 1.54) is 11.1 Å². The molecule has 0 saturated heterocycles. The van der Waals surface area contributed by atoms with Crippen molar-refractivity contribution in [1.82, 2.24) is 0 Å². The lowest BCUT2D eigenvalue weighted by molar-refractivity contribution is 0.134. The normalized spacial score (nSPS) is 11.7. The Bertz CT molecular complexity index is 284. The van der Waals surface area contributed by atoms with Gasteiger partial charge in [-0.15, -0.1) is 0 Å². The van der Waals surface area contributed by atoms with E-state index in [1.54, 1.807) is 0 Å². The fourth-order valence-corrected chi connectivity index (χ4v) is 1.35. The Hall–Kier alpha value is -0.820. The molecule has 1 rings (SSSR count). The van der Waals surface area contributed by atoms with Crippen LogP contribution in [-0.2, 0) is 16.8 Å². The van der Waals surface area contributed by atoms with Crippen LogP contribution in [0.15, 0.2) is 24.3 Å². The predicted molar refractivity (Wildman–Crippen MR) is 60.5 cm³/mol. The van der Waals surface area contributed by atoms with Crippen molar-refractivity contribution in [3.8, 4) is 0 Å². The van der Waals surface area contributed by atoms with Crippen molar-refractivity contribution in [3.05, 3.63) is 35.4 Å². The number of ether oxygens (including phenoxy) is 1. The molecule has 1 aromatic carbocycles. The Morgan fingerprint density at radius 2 is 1.93 bits per heavy atom. The molecule has 0 heterocycles. The van der Waals surface area contributed by atoms with E-state index >= 15 is 0 Å². The molecule has 0 aromatic heterocycles. The zero-order valence-electron chi connectivity index (χ0n) is 9.63. The largest absolute Gasteiger partial charge is 0.377 e. The first-order valence-electron chi connectivity index (χ1n) is 5.21. The van der Waals surface area contributed by atoms with E-state index < -0.39 is 0 Å². The monoisotopic (exact) mass is 192 g/mol. The molecule has 0 amide bonds. The fraction of sp³-hybridized carbons (Fsp3) is 0.538. The Labute approximate surface area is 87.1 Å². The first-order chi connectivity index (χ1) is 6.54. The van der Waals surface area contributed by atoms with Gasteiger partial charge in [-0.2, -0.15) is 0 Å². The number of hydrogen-bond donors (Lipinski definition) is 0. The van der Waals surface area contributed by atoms with Gasteiger partial charge in [0.25, 0.3) is 0 Å². The molecule has 0 aliphatic carbocycles. The third-order valence-corrected chi connectivity index (χ3v) is 2.27. The summed E-state index contributed by atoms with van der Waals surface area (Å²) in [5.41, 5.74) is 2.86. The molecule has 0 spiro atoms. The summed E-state index contributed by atoms with van der Waals surface area (Å²) in [6.07, 6.45) is 0. The quantitative estimate of drug-likeness (QED) is 0.712. The second-order valence-corrected chi connectivity index (χ2v) is 4.59. The number of rotatable bonds is 3. The molecule has 1 nitrogen and oxygen atoms in total. The first kappa shape index (κ1) is 11.3. The van der Waals surface area contributed by atoms with E-state index in [9.17, 15) is 0 Å². The summed E-state index contributed by atoms with van der Waals surface area (Å²) in [5, 5.41) is 0. The maximum Gasteiger partial charge on any atom is 0.0716 e. The molecule has 0 fully saturated rings. The van der Waals surface area contributed by atoms with Crippen LogP contribution in [0.1, 0.15) is 38.8 Å². The van der Waals surface area contributed by atoms with Crippen LogP contribution in [0.2, 0.25) is 0 Å². The highest BCUT2D eigenvalue weighted by atomic mass is 16.5. The van der Waals surface area contributed by atoms with Crippen LogP contribution in [0.3, 0.4) is 0 Å². The van der Waals surface area contributed by atoms with Gasteiger partial charge in [0.2, 0.25) is 0 Å². The fourth-order valence-electron chi connectivity index (χ4n) is 1.35. The SMILES string of the molecule is CCOCc1cccc(C(C)(C)C)c1. The summed E-state index contributed by atoms with van der Waals surface area (Å²) in [4.78, 5) is 0.